The molecule has 0 bridgehead atoms. The molecule has 0 saturated heterocycles. The van der Waals surface area contributed by atoms with Crippen molar-refractivity contribution in [2.45, 2.75) is 38.6 Å². The molecule has 2 heterocycles. The third-order valence-electron chi connectivity index (χ3n) is 4.73. The first-order valence-corrected chi connectivity index (χ1v) is 7.59. The maximum absolute atomic E-state index is 5.84. The van der Waals surface area contributed by atoms with Crippen molar-refractivity contribution < 1.29 is 0 Å². The van der Waals surface area contributed by atoms with Gasteiger partial charge in [-0.2, -0.15) is 0 Å². The fourth-order valence-electron chi connectivity index (χ4n) is 3.51. The average Bonchev–Trinajstić information content (AvgIpc) is 3.11. The van der Waals surface area contributed by atoms with Crippen LogP contribution >= 0.6 is 0 Å². The number of aryl methyl sites for hydroxylation is 3. The van der Waals surface area contributed by atoms with E-state index in [-0.39, 0.29) is 0 Å². The summed E-state index contributed by atoms with van der Waals surface area (Å²) in [5, 5.41) is 8.80. The molecule has 1 aliphatic heterocycles. The average molecular weight is 268 g/mol. The largest absolute Gasteiger partial charge is 0.330 e. The van der Waals surface area contributed by atoms with Crippen molar-refractivity contribution in [3.63, 3.8) is 0 Å². The lowest BCUT2D eigenvalue weighted by atomic mass is 9.99. The van der Waals surface area contributed by atoms with Crippen LogP contribution in [0.4, 0.5) is 0 Å². The van der Waals surface area contributed by atoms with E-state index in [0.717, 1.165) is 37.6 Å². The van der Waals surface area contributed by atoms with Crippen LogP contribution in [0.15, 0.2) is 18.2 Å². The highest BCUT2D eigenvalue weighted by Gasteiger charge is 2.23. The molecule has 2 aromatic rings. The molecule has 2 aliphatic rings. The monoisotopic (exact) mass is 268 g/mol. The topological polar surface area (TPSA) is 56.7 Å². The second kappa shape index (κ2) is 4.70. The molecule has 0 saturated carbocycles. The molecule has 0 fully saturated rings. The van der Waals surface area contributed by atoms with Crippen LogP contribution in [0.1, 0.15) is 29.8 Å². The minimum Gasteiger partial charge on any atom is -0.330 e. The van der Waals surface area contributed by atoms with Crippen LogP contribution in [-0.4, -0.2) is 21.3 Å². The van der Waals surface area contributed by atoms with E-state index in [9.17, 15) is 0 Å². The van der Waals surface area contributed by atoms with Gasteiger partial charge in [0.1, 0.15) is 5.82 Å². The quantitative estimate of drug-likeness (QED) is 0.905. The molecular formula is C16H20N4. The Hall–Kier alpha value is -1.68. The van der Waals surface area contributed by atoms with E-state index in [4.69, 9.17) is 5.73 Å². The van der Waals surface area contributed by atoms with Gasteiger partial charge in [-0.05, 0) is 55.3 Å². The lowest BCUT2D eigenvalue weighted by Gasteiger charge is -2.23. The Kier molecular flexibility index (Phi) is 2.84. The molecule has 0 spiro atoms. The van der Waals surface area contributed by atoms with E-state index < -0.39 is 0 Å². The Balaban J connectivity index is 1.74. The molecule has 2 N–H and O–H groups in total. The van der Waals surface area contributed by atoms with Crippen molar-refractivity contribution in [1.29, 1.82) is 0 Å². The fraction of sp³-hybridized carbons (Fsp3) is 0.500. The summed E-state index contributed by atoms with van der Waals surface area (Å²) in [6.07, 6.45) is 5.85. The third kappa shape index (κ3) is 1.86. The molecule has 4 nitrogen and oxygen atoms in total. The summed E-state index contributed by atoms with van der Waals surface area (Å²) < 4.78 is 2.28. The lowest BCUT2D eigenvalue weighted by Crippen LogP contribution is -2.26. The van der Waals surface area contributed by atoms with Gasteiger partial charge < -0.3 is 10.3 Å². The van der Waals surface area contributed by atoms with Gasteiger partial charge in [0.15, 0.2) is 5.82 Å². The summed E-state index contributed by atoms with van der Waals surface area (Å²) in [6, 6.07) is 6.78. The Labute approximate surface area is 119 Å². The minimum absolute atomic E-state index is 0.562. The van der Waals surface area contributed by atoms with Gasteiger partial charge in [0.25, 0.3) is 0 Å². The van der Waals surface area contributed by atoms with Crippen molar-refractivity contribution in [2.75, 3.05) is 6.54 Å². The molecule has 1 aliphatic carbocycles. The van der Waals surface area contributed by atoms with E-state index in [1.807, 2.05) is 0 Å². The molecule has 1 atom stereocenters. The lowest BCUT2D eigenvalue weighted by molar-refractivity contribution is 0.375. The van der Waals surface area contributed by atoms with Crippen molar-refractivity contribution >= 4 is 0 Å². The van der Waals surface area contributed by atoms with E-state index >= 15 is 0 Å². The number of benzene rings is 1. The Morgan fingerprint density at radius 3 is 2.95 bits per heavy atom. The predicted molar refractivity (Wildman–Crippen MR) is 78.3 cm³/mol. The molecule has 0 radical (unpaired) electrons. The molecule has 1 aromatic heterocycles. The van der Waals surface area contributed by atoms with Gasteiger partial charge in [0, 0.05) is 18.5 Å². The molecule has 1 aromatic carbocycles. The second-order valence-electron chi connectivity index (χ2n) is 6.03. The van der Waals surface area contributed by atoms with E-state index in [1.54, 1.807) is 0 Å². The zero-order valence-electron chi connectivity index (χ0n) is 11.7. The van der Waals surface area contributed by atoms with Crippen LogP contribution in [0.25, 0.3) is 11.4 Å². The number of aromatic nitrogens is 3. The van der Waals surface area contributed by atoms with Gasteiger partial charge in [0.05, 0.1) is 0 Å². The molecular weight excluding hydrogens is 248 g/mol. The highest BCUT2D eigenvalue weighted by atomic mass is 15.3. The molecule has 1 unspecified atom stereocenters. The highest BCUT2D eigenvalue weighted by Crippen LogP contribution is 2.29. The number of hydrogen-bond acceptors (Lipinski definition) is 3. The summed E-state index contributed by atoms with van der Waals surface area (Å²) in [6.45, 7) is 1.71. The number of rotatable bonds is 2. The Bertz CT molecular complexity index is 644. The second-order valence-corrected chi connectivity index (χ2v) is 6.03. The molecule has 104 valence electrons. The fourth-order valence-corrected chi connectivity index (χ4v) is 3.51. The number of nitrogens with zero attached hydrogens (tertiary/aromatic N) is 3. The number of hydrogen-bond donors (Lipinski definition) is 1. The van der Waals surface area contributed by atoms with Crippen LogP contribution in [0.2, 0.25) is 0 Å². The van der Waals surface area contributed by atoms with Gasteiger partial charge in [-0.3, -0.25) is 0 Å². The summed E-state index contributed by atoms with van der Waals surface area (Å²) in [5.41, 5.74) is 10.0. The minimum atomic E-state index is 0.562. The van der Waals surface area contributed by atoms with Crippen LogP contribution in [0.5, 0.6) is 0 Å². The van der Waals surface area contributed by atoms with Crippen molar-refractivity contribution in [3.05, 3.63) is 35.2 Å². The highest BCUT2D eigenvalue weighted by molar-refractivity contribution is 5.58. The molecule has 20 heavy (non-hydrogen) atoms. The molecule has 4 rings (SSSR count). The smallest absolute Gasteiger partial charge is 0.163 e. The van der Waals surface area contributed by atoms with Crippen molar-refractivity contribution in [3.8, 4) is 11.4 Å². The molecule has 4 heteroatoms. The van der Waals surface area contributed by atoms with Crippen LogP contribution in [0.3, 0.4) is 0 Å². The van der Waals surface area contributed by atoms with Gasteiger partial charge in [-0.15, -0.1) is 10.2 Å². The Morgan fingerprint density at radius 2 is 2.05 bits per heavy atom. The summed E-state index contributed by atoms with van der Waals surface area (Å²) >= 11 is 0. The Morgan fingerprint density at radius 1 is 1.15 bits per heavy atom. The van der Waals surface area contributed by atoms with E-state index in [0.29, 0.717) is 5.92 Å². The van der Waals surface area contributed by atoms with Gasteiger partial charge in [-0.1, -0.05) is 12.1 Å². The third-order valence-corrected chi connectivity index (χ3v) is 4.73. The van der Waals surface area contributed by atoms with Crippen molar-refractivity contribution in [2.24, 2.45) is 11.7 Å². The summed E-state index contributed by atoms with van der Waals surface area (Å²) in [4.78, 5) is 0. The van der Waals surface area contributed by atoms with Crippen LogP contribution in [0, 0.1) is 5.92 Å². The first kappa shape index (κ1) is 12.1. The van der Waals surface area contributed by atoms with E-state index in [2.05, 4.69) is 33.0 Å². The van der Waals surface area contributed by atoms with Gasteiger partial charge in [-0.25, -0.2) is 0 Å². The standard InChI is InChI=1S/C16H20N4/c17-9-11-4-7-15-18-19-16(20(15)10-11)14-6-5-12-2-1-3-13(12)8-14/h5-6,8,11H,1-4,7,9-10,17H2. The van der Waals surface area contributed by atoms with Gasteiger partial charge in [0.2, 0.25) is 0 Å². The number of nitrogens with two attached hydrogens (primary N) is 1. The maximum atomic E-state index is 5.84. The first-order valence-electron chi connectivity index (χ1n) is 7.59. The summed E-state index contributed by atoms with van der Waals surface area (Å²) in [7, 11) is 0. The van der Waals surface area contributed by atoms with E-state index in [1.165, 1.54) is 36.0 Å². The van der Waals surface area contributed by atoms with Crippen LogP contribution < -0.4 is 5.73 Å². The van der Waals surface area contributed by atoms with Crippen molar-refractivity contribution in [1.82, 2.24) is 14.8 Å². The predicted octanol–water partition coefficient (Wildman–Crippen LogP) is 1.95. The SMILES string of the molecule is NCC1CCc2nnc(-c3ccc4c(c3)CCC4)n2C1. The molecule has 0 amide bonds. The zero-order valence-corrected chi connectivity index (χ0v) is 11.7. The number of fused-ring (bicyclic) bond motifs is 2. The maximum Gasteiger partial charge on any atom is 0.163 e. The zero-order chi connectivity index (χ0) is 13.5. The first-order chi connectivity index (χ1) is 9.85. The normalized spacial score (nSPS) is 20.8. The van der Waals surface area contributed by atoms with Crippen LogP contribution in [-0.2, 0) is 25.8 Å². The summed E-state index contributed by atoms with van der Waals surface area (Å²) in [5.74, 6) is 2.70. The van der Waals surface area contributed by atoms with Gasteiger partial charge >= 0.3 is 0 Å².